The van der Waals surface area contributed by atoms with E-state index in [1.165, 1.54) is 0 Å². The second-order valence-corrected chi connectivity index (χ2v) is 6.64. The summed E-state index contributed by atoms with van der Waals surface area (Å²) < 4.78 is 6.25. The molecule has 0 saturated heterocycles. The molecule has 2 nitrogen and oxygen atoms in total. The van der Waals surface area contributed by atoms with E-state index in [0.717, 1.165) is 32.5 Å². The molecule has 1 atom stereocenters. The van der Waals surface area contributed by atoms with Crippen molar-refractivity contribution >= 4 is 15.9 Å². The maximum Gasteiger partial charge on any atom is 0.119 e. The van der Waals surface area contributed by atoms with E-state index in [2.05, 4.69) is 22.0 Å². The predicted molar refractivity (Wildman–Crippen MR) is 89.9 cm³/mol. The number of hydrogen-bond donors (Lipinski definition) is 1. The molecule has 0 heterocycles. The Balaban J connectivity index is 2.36. The van der Waals surface area contributed by atoms with Gasteiger partial charge in [-0.05, 0) is 50.1 Å². The molecule has 2 aromatic carbocycles. The van der Waals surface area contributed by atoms with Crippen molar-refractivity contribution in [3.05, 3.63) is 63.1 Å². The van der Waals surface area contributed by atoms with E-state index in [9.17, 15) is 5.11 Å². The number of hydrogen-bond acceptors (Lipinski definition) is 2. The summed E-state index contributed by atoms with van der Waals surface area (Å²) in [6, 6.07) is 12.0. The average Bonchev–Trinajstić information content (AvgIpc) is 2.40. The van der Waals surface area contributed by atoms with Crippen molar-refractivity contribution in [2.24, 2.45) is 0 Å². The van der Waals surface area contributed by atoms with Crippen molar-refractivity contribution in [1.29, 1.82) is 0 Å². The lowest BCUT2D eigenvalue weighted by Gasteiger charge is -2.26. The summed E-state index contributed by atoms with van der Waals surface area (Å²) in [5.41, 5.74) is 3.37. The fraction of sp³-hybridized carbons (Fsp3) is 0.333. The van der Waals surface area contributed by atoms with Crippen LogP contribution < -0.4 is 4.74 Å². The van der Waals surface area contributed by atoms with Crippen LogP contribution in [-0.2, 0) is 12.0 Å². The summed E-state index contributed by atoms with van der Waals surface area (Å²) >= 11 is 3.55. The summed E-state index contributed by atoms with van der Waals surface area (Å²) in [4.78, 5) is 0. The van der Waals surface area contributed by atoms with Crippen LogP contribution in [0.3, 0.4) is 0 Å². The maximum absolute atomic E-state index is 10.9. The van der Waals surface area contributed by atoms with Crippen molar-refractivity contribution in [3.63, 3.8) is 0 Å². The molecule has 0 aliphatic heterocycles. The first-order chi connectivity index (χ1) is 9.81. The Bertz CT molecular complexity index is 627. The number of methoxy groups -OCH3 is 1. The van der Waals surface area contributed by atoms with Crippen molar-refractivity contribution in [1.82, 2.24) is 0 Å². The minimum atomic E-state index is -0.925. The quantitative estimate of drug-likeness (QED) is 0.879. The van der Waals surface area contributed by atoms with Gasteiger partial charge in [0.1, 0.15) is 5.75 Å². The molecule has 0 bridgehead atoms. The Hall–Kier alpha value is -1.32. The first-order valence-corrected chi connectivity index (χ1v) is 7.75. The summed E-state index contributed by atoms with van der Waals surface area (Å²) in [5, 5.41) is 10.9. The van der Waals surface area contributed by atoms with Crippen molar-refractivity contribution in [2.75, 3.05) is 7.11 Å². The summed E-state index contributed by atoms with van der Waals surface area (Å²) in [7, 11) is 1.65. The first kappa shape index (κ1) is 16.1. The first-order valence-electron chi connectivity index (χ1n) is 6.95. The molecule has 0 saturated carbocycles. The lowest BCUT2D eigenvalue weighted by molar-refractivity contribution is 0.0573. The highest BCUT2D eigenvalue weighted by molar-refractivity contribution is 9.10. The average molecular weight is 349 g/mol. The molecule has 0 aliphatic rings. The molecule has 1 N–H and O–H groups in total. The SMILES string of the molecule is COc1ccc(Br)c(CC(C)(O)c2cc(C)cc(C)c2)c1. The van der Waals surface area contributed by atoms with Gasteiger partial charge in [0, 0.05) is 10.9 Å². The zero-order chi connectivity index (χ0) is 15.6. The molecule has 0 amide bonds. The molecule has 0 fully saturated rings. The molecule has 2 rings (SSSR count). The van der Waals surface area contributed by atoms with Crippen molar-refractivity contribution in [3.8, 4) is 5.75 Å². The lowest BCUT2D eigenvalue weighted by atomic mass is 9.87. The smallest absolute Gasteiger partial charge is 0.119 e. The number of rotatable bonds is 4. The summed E-state index contributed by atoms with van der Waals surface area (Å²) in [5.74, 6) is 0.796. The Kier molecular flexibility index (Phi) is 4.74. The van der Waals surface area contributed by atoms with Crippen LogP contribution in [0.25, 0.3) is 0 Å². The van der Waals surface area contributed by atoms with E-state index >= 15 is 0 Å². The van der Waals surface area contributed by atoms with Gasteiger partial charge < -0.3 is 9.84 Å². The van der Waals surface area contributed by atoms with E-state index in [1.807, 2.05) is 51.1 Å². The fourth-order valence-electron chi connectivity index (χ4n) is 2.57. The molecule has 112 valence electrons. The third kappa shape index (κ3) is 3.86. The van der Waals surface area contributed by atoms with Gasteiger partial charge in [-0.1, -0.05) is 45.3 Å². The van der Waals surface area contributed by atoms with Gasteiger partial charge in [-0.25, -0.2) is 0 Å². The highest BCUT2D eigenvalue weighted by Gasteiger charge is 2.25. The van der Waals surface area contributed by atoms with Crippen LogP contribution in [0.1, 0.15) is 29.2 Å². The van der Waals surface area contributed by atoms with Crippen LogP contribution in [0.4, 0.5) is 0 Å². The third-order valence-electron chi connectivity index (χ3n) is 3.63. The molecule has 1 unspecified atom stereocenters. The normalized spacial score (nSPS) is 13.8. The Morgan fingerprint density at radius 3 is 2.29 bits per heavy atom. The van der Waals surface area contributed by atoms with Crippen LogP contribution in [0.2, 0.25) is 0 Å². The van der Waals surface area contributed by atoms with E-state index < -0.39 is 5.60 Å². The van der Waals surface area contributed by atoms with Crippen molar-refractivity contribution in [2.45, 2.75) is 32.8 Å². The van der Waals surface area contributed by atoms with Gasteiger partial charge in [0.2, 0.25) is 0 Å². The third-order valence-corrected chi connectivity index (χ3v) is 4.40. The molecule has 21 heavy (non-hydrogen) atoms. The van der Waals surface area contributed by atoms with Crippen LogP contribution in [0, 0.1) is 13.8 Å². The number of ether oxygens (including phenoxy) is 1. The molecule has 0 aromatic heterocycles. The number of benzene rings is 2. The molecular weight excluding hydrogens is 328 g/mol. The summed E-state index contributed by atoms with van der Waals surface area (Å²) in [6.07, 6.45) is 0.522. The van der Waals surface area contributed by atoms with Gasteiger partial charge in [0.15, 0.2) is 0 Å². The van der Waals surface area contributed by atoms with E-state index in [-0.39, 0.29) is 0 Å². The highest BCUT2D eigenvalue weighted by Crippen LogP contribution is 2.31. The second-order valence-electron chi connectivity index (χ2n) is 5.78. The van der Waals surface area contributed by atoms with Gasteiger partial charge in [-0.15, -0.1) is 0 Å². The molecule has 0 aliphatic carbocycles. The molecule has 2 aromatic rings. The molecular formula is C18H21BrO2. The van der Waals surface area contributed by atoms with Gasteiger partial charge in [-0.2, -0.15) is 0 Å². The van der Waals surface area contributed by atoms with Crippen LogP contribution in [-0.4, -0.2) is 12.2 Å². The molecule has 3 heteroatoms. The standard InChI is InChI=1S/C18H21BrO2/c1-12-7-13(2)9-15(8-12)18(3,20)11-14-10-16(21-4)5-6-17(14)19/h5-10,20H,11H2,1-4H3. The number of halogens is 1. The summed E-state index contributed by atoms with van der Waals surface area (Å²) in [6.45, 7) is 5.95. The minimum Gasteiger partial charge on any atom is -0.497 e. The van der Waals surface area contributed by atoms with Crippen LogP contribution in [0.5, 0.6) is 5.75 Å². The Morgan fingerprint density at radius 1 is 1.10 bits per heavy atom. The van der Waals surface area contributed by atoms with Gasteiger partial charge in [0.05, 0.1) is 12.7 Å². The van der Waals surface area contributed by atoms with E-state index in [4.69, 9.17) is 4.74 Å². The number of aliphatic hydroxyl groups is 1. The van der Waals surface area contributed by atoms with E-state index in [0.29, 0.717) is 6.42 Å². The van der Waals surface area contributed by atoms with E-state index in [1.54, 1.807) is 7.11 Å². The maximum atomic E-state index is 10.9. The van der Waals surface area contributed by atoms with Gasteiger partial charge in [0.25, 0.3) is 0 Å². The minimum absolute atomic E-state index is 0.522. The van der Waals surface area contributed by atoms with Gasteiger partial charge in [-0.3, -0.25) is 0 Å². The second kappa shape index (κ2) is 6.20. The highest BCUT2D eigenvalue weighted by atomic mass is 79.9. The Labute approximate surface area is 134 Å². The Morgan fingerprint density at radius 2 is 1.71 bits per heavy atom. The van der Waals surface area contributed by atoms with Crippen LogP contribution in [0.15, 0.2) is 40.9 Å². The van der Waals surface area contributed by atoms with Gasteiger partial charge >= 0.3 is 0 Å². The molecule has 0 spiro atoms. The van der Waals surface area contributed by atoms with Crippen LogP contribution >= 0.6 is 15.9 Å². The largest absolute Gasteiger partial charge is 0.497 e. The number of aryl methyl sites for hydroxylation is 2. The monoisotopic (exact) mass is 348 g/mol. The predicted octanol–water partition coefficient (Wildman–Crippen LogP) is 4.52. The zero-order valence-electron chi connectivity index (χ0n) is 12.9. The zero-order valence-corrected chi connectivity index (χ0v) is 14.5. The lowest BCUT2D eigenvalue weighted by Crippen LogP contribution is -2.24. The topological polar surface area (TPSA) is 29.5 Å². The van der Waals surface area contributed by atoms with Crippen molar-refractivity contribution < 1.29 is 9.84 Å². The molecule has 0 radical (unpaired) electrons. The fourth-order valence-corrected chi connectivity index (χ4v) is 2.96.